The third kappa shape index (κ3) is 3.92. The minimum Gasteiger partial charge on any atom is -0.312 e. The monoisotopic (exact) mass is 414 g/mol. The fraction of sp³-hybridized carbons (Fsp3) is 0.300. The predicted molar refractivity (Wildman–Crippen MR) is 115 cm³/mol. The molecule has 1 aromatic carbocycles. The SMILES string of the molecule is C=CCn1c(=O)n(CC=C)c(=O)n(C[NH+](C)[C@@H](C)c2nc3ccccc3s2)c1=O. The van der Waals surface area contributed by atoms with Crippen LogP contribution >= 0.6 is 11.3 Å². The molecular formula is C20H24N5O3S+. The summed E-state index contributed by atoms with van der Waals surface area (Å²) in [6, 6.07) is 7.84. The van der Waals surface area contributed by atoms with Gasteiger partial charge in [-0.1, -0.05) is 24.3 Å². The maximum Gasteiger partial charge on any atom is 0.341 e. The van der Waals surface area contributed by atoms with E-state index in [-0.39, 0.29) is 25.8 Å². The van der Waals surface area contributed by atoms with E-state index in [4.69, 9.17) is 0 Å². The molecule has 0 aliphatic carbocycles. The Morgan fingerprint density at radius 3 is 2.14 bits per heavy atom. The van der Waals surface area contributed by atoms with Crippen LogP contribution in [0.1, 0.15) is 18.0 Å². The number of para-hydroxylation sites is 1. The van der Waals surface area contributed by atoms with Crippen molar-refractivity contribution in [2.75, 3.05) is 7.05 Å². The number of thiazole rings is 1. The zero-order chi connectivity index (χ0) is 21.1. The summed E-state index contributed by atoms with van der Waals surface area (Å²) in [4.78, 5) is 43.7. The number of hydrogen-bond acceptors (Lipinski definition) is 5. The quantitative estimate of drug-likeness (QED) is 0.541. The molecule has 2 atom stereocenters. The summed E-state index contributed by atoms with van der Waals surface area (Å²) in [5.41, 5.74) is -1.02. The van der Waals surface area contributed by atoms with Crippen LogP contribution in [0.3, 0.4) is 0 Å². The normalized spacial score (nSPS) is 13.3. The van der Waals surface area contributed by atoms with Crippen LogP contribution in [0.25, 0.3) is 10.2 Å². The van der Waals surface area contributed by atoms with Gasteiger partial charge in [-0.2, -0.15) is 4.57 Å². The second-order valence-corrected chi connectivity index (χ2v) is 7.88. The molecule has 0 bridgehead atoms. The molecule has 3 rings (SSSR count). The fourth-order valence-corrected chi connectivity index (χ4v) is 4.17. The van der Waals surface area contributed by atoms with Gasteiger partial charge in [-0.15, -0.1) is 24.5 Å². The molecule has 2 heterocycles. The number of aromatic nitrogens is 4. The summed E-state index contributed by atoms with van der Waals surface area (Å²) >= 11 is 1.59. The Balaban J connectivity index is 2.00. The van der Waals surface area contributed by atoms with Crippen LogP contribution in [0, 0.1) is 0 Å². The molecule has 1 unspecified atom stereocenters. The first-order valence-corrected chi connectivity index (χ1v) is 10.0. The lowest BCUT2D eigenvalue weighted by atomic mass is 10.3. The molecule has 0 amide bonds. The highest BCUT2D eigenvalue weighted by Gasteiger charge is 2.23. The molecule has 0 saturated heterocycles. The van der Waals surface area contributed by atoms with E-state index in [2.05, 4.69) is 18.1 Å². The zero-order valence-corrected chi connectivity index (χ0v) is 17.3. The van der Waals surface area contributed by atoms with E-state index in [0.29, 0.717) is 0 Å². The highest BCUT2D eigenvalue weighted by atomic mass is 32.1. The Morgan fingerprint density at radius 1 is 1.03 bits per heavy atom. The largest absolute Gasteiger partial charge is 0.341 e. The van der Waals surface area contributed by atoms with Crippen molar-refractivity contribution in [1.29, 1.82) is 0 Å². The van der Waals surface area contributed by atoms with Crippen molar-refractivity contribution in [3.63, 3.8) is 0 Å². The molecule has 29 heavy (non-hydrogen) atoms. The Labute approximate surface area is 171 Å². The third-order valence-corrected chi connectivity index (χ3v) is 6.06. The molecule has 1 N–H and O–H groups in total. The molecule has 0 spiro atoms. The summed E-state index contributed by atoms with van der Waals surface area (Å²) in [6.07, 6.45) is 2.91. The standard InChI is InChI=1S/C20H23N5O3S/c1-5-11-23-18(26)24(12-6-2)20(28)25(19(23)27)13-22(4)14(3)17-21-15-9-7-8-10-16(15)29-17/h5-10,14H,1-2,11-13H2,3-4H3/p+1/t14-/m0/s1. The molecule has 3 aromatic rings. The molecule has 0 saturated carbocycles. The van der Waals surface area contributed by atoms with Crippen molar-refractivity contribution < 1.29 is 4.90 Å². The smallest absolute Gasteiger partial charge is 0.312 e. The van der Waals surface area contributed by atoms with Gasteiger partial charge in [-0.3, -0.25) is 0 Å². The molecule has 0 aliphatic rings. The molecule has 0 radical (unpaired) electrons. The van der Waals surface area contributed by atoms with Crippen LogP contribution in [0.4, 0.5) is 0 Å². The van der Waals surface area contributed by atoms with Gasteiger partial charge < -0.3 is 4.90 Å². The van der Waals surface area contributed by atoms with Gasteiger partial charge in [0.15, 0.2) is 11.7 Å². The van der Waals surface area contributed by atoms with Crippen molar-refractivity contribution >= 4 is 21.6 Å². The number of hydrogen-bond donors (Lipinski definition) is 1. The number of nitrogens with one attached hydrogen (secondary N) is 1. The Morgan fingerprint density at radius 2 is 1.59 bits per heavy atom. The average molecular weight is 415 g/mol. The summed E-state index contributed by atoms with van der Waals surface area (Å²) in [6.45, 7) is 9.34. The lowest BCUT2D eigenvalue weighted by Crippen LogP contribution is -3.09. The number of nitrogens with zero attached hydrogens (tertiary/aromatic N) is 4. The third-order valence-electron chi connectivity index (χ3n) is 4.84. The lowest BCUT2D eigenvalue weighted by Gasteiger charge is -2.21. The Hall–Kier alpha value is -3.04. The number of quaternary nitrogens is 1. The number of allylic oxidation sites excluding steroid dienone is 2. The number of rotatable bonds is 8. The van der Waals surface area contributed by atoms with Crippen LogP contribution in [0.15, 0.2) is 64.0 Å². The zero-order valence-electron chi connectivity index (χ0n) is 16.5. The van der Waals surface area contributed by atoms with Crippen LogP contribution in [0.5, 0.6) is 0 Å². The first-order valence-electron chi connectivity index (χ1n) is 9.23. The van der Waals surface area contributed by atoms with E-state index in [1.807, 2.05) is 38.2 Å². The molecule has 152 valence electrons. The number of benzene rings is 1. The first kappa shape index (κ1) is 20.7. The maximum absolute atomic E-state index is 12.8. The van der Waals surface area contributed by atoms with Gasteiger partial charge in [0.2, 0.25) is 0 Å². The second-order valence-electron chi connectivity index (χ2n) is 6.82. The van der Waals surface area contributed by atoms with Gasteiger partial charge in [0.25, 0.3) is 0 Å². The van der Waals surface area contributed by atoms with E-state index >= 15 is 0 Å². The minimum absolute atomic E-state index is 0.0293. The van der Waals surface area contributed by atoms with E-state index in [1.165, 1.54) is 12.2 Å². The van der Waals surface area contributed by atoms with Gasteiger partial charge >= 0.3 is 17.1 Å². The molecule has 0 fully saturated rings. The highest BCUT2D eigenvalue weighted by Crippen LogP contribution is 2.24. The van der Waals surface area contributed by atoms with Gasteiger partial charge in [0.05, 0.1) is 30.4 Å². The van der Waals surface area contributed by atoms with Crippen LogP contribution < -0.4 is 22.0 Å². The van der Waals surface area contributed by atoms with Gasteiger partial charge in [0.1, 0.15) is 6.04 Å². The summed E-state index contributed by atoms with van der Waals surface area (Å²) in [5.74, 6) is 0. The molecule has 0 aliphatic heterocycles. The van der Waals surface area contributed by atoms with Crippen molar-refractivity contribution in [3.8, 4) is 0 Å². The molecule has 2 aromatic heterocycles. The van der Waals surface area contributed by atoms with Crippen LogP contribution in [-0.2, 0) is 19.8 Å². The van der Waals surface area contributed by atoms with Gasteiger partial charge in [-0.05, 0) is 19.1 Å². The van der Waals surface area contributed by atoms with Crippen molar-refractivity contribution in [3.05, 3.63) is 86.0 Å². The summed E-state index contributed by atoms with van der Waals surface area (Å²) in [5, 5.41) is 0.919. The first-order chi connectivity index (χ1) is 13.9. The maximum atomic E-state index is 12.8. The average Bonchev–Trinajstić information content (AvgIpc) is 3.15. The number of fused-ring (bicyclic) bond motifs is 1. The molecule has 8 nitrogen and oxygen atoms in total. The summed E-state index contributed by atoms with van der Waals surface area (Å²) < 4.78 is 4.20. The lowest BCUT2D eigenvalue weighted by molar-refractivity contribution is -0.933. The van der Waals surface area contributed by atoms with E-state index in [1.54, 1.807) is 11.3 Å². The van der Waals surface area contributed by atoms with Gasteiger partial charge in [0, 0.05) is 0 Å². The van der Waals surface area contributed by atoms with Crippen molar-refractivity contribution in [1.82, 2.24) is 18.7 Å². The fourth-order valence-electron chi connectivity index (χ4n) is 3.06. The van der Waals surface area contributed by atoms with Gasteiger partial charge in [-0.25, -0.2) is 28.5 Å². The highest BCUT2D eigenvalue weighted by molar-refractivity contribution is 7.18. The molecular weight excluding hydrogens is 390 g/mol. The van der Waals surface area contributed by atoms with Crippen LogP contribution in [-0.4, -0.2) is 25.7 Å². The topological polar surface area (TPSA) is 83.3 Å². The molecule has 9 heteroatoms. The minimum atomic E-state index is -0.659. The Kier molecular flexibility index (Phi) is 6.09. The van der Waals surface area contributed by atoms with E-state index < -0.39 is 17.1 Å². The summed E-state index contributed by atoms with van der Waals surface area (Å²) in [7, 11) is 1.89. The Bertz CT molecular complexity index is 1150. The van der Waals surface area contributed by atoms with Crippen molar-refractivity contribution in [2.45, 2.75) is 32.7 Å². The van der Waals surface area contributed by atoms with E-state index in [9.17, 15) is 14.4 Å². The predicted octanol–water partition coefficient (Wildman–Crippen LogP) is 0.387. The van der Waals surface area contributed by atoms with Crippen LogP contribution in [0.2, 0.25) is 0 Å². The van der Waals surface area contributed by atoms with Crippen molar-refractivity contribution in [2.24, 2.45) is 0 Å². The van der Waals surface area contributed by atoms with E-state index in [0.717, 1.165) is 33.8 Å². The second kappa shape index (κ2) is 8.54.